The Hall–Kier alpha value is -1.22. The highest BCUT2D eigenvalue weighted by atomic mass is 16.5. The van der Waals surface area contributed by atoms with E-state index in [2.05, 4.69) is 17.9 Å². The van der Waals surface area contributed by atoms with Gasteiger partial charge in [-0.2, -0.15) is 0 Å². The number of ether oxygens (including phenoxy) is 1. The number of hydrogen-bond acceptors (Lipinski definition) is 3. The number of nitrogens with zero attached hydrogens (tertiary/aromatic N) is 1. The van der Waals surface area contributed by atoms with E-state index in [1.54, 1.807) is 7.11 Å². The van der Waals surface area contributed by atoms with Crippen LogP contribution in [-0.4, -0.2) is 25.3 Å². The number of hydrogen-bond donors (Lipinski definition) is 1. The van der Waals surface area contributed by atoms with Crippen LogP contribution in [-0.2, 0) is 0 Å². The second-order valence-electron chi connectivity index (χ2n) is 5.46. The first-order chi connectivity index (χ1) is 9.17. The minimum absolute atomic E-state index is 0.510. The summed E-state index contributed by atoms with van der Waals surface area (Å²) in [5.41, 5.74) is 2.04. The SMILES string of the molecule is CCCN(CC1CC1)c1cccc(OC)c1[C@H](C)O. The molecule has 2 rings (SSSR count). The Labute approximate surface area is 116 Å². The number of rotatable bonds is 7. The smallest absolute Gasteiger partial charge is 0.126 e. The molecule has 3 nitrogen and oxygen atoms in total. The van der Waals surface area contributed by atoms with Crippen molar-refractivity contribution in [2.24, 2.45) is 5.92 Å². The third-order valence-corrected chi connectivity index (χ3v) is 3.69. The second kappa shape index (κ2) is 6.29. The highest BCUT2D eigenvalue weighted by Gasteiger charge is 2.26. The maximum Gasteiger partial charge on any atom is 0.126 e. The fourth-order valence-electron chi connectivity index (χ4n) is 2.60. The summed E-state index contributed by atoms with van der Waals surface area (Å²) in [4.78, 5) is 2.41. The predicted molar refractivity (Wildman–Crippen MR) is 78.9 cm³/mol. The molecule has 3 heteroatoms. The van der Waals surface area contributed by atoms with Gasteiger partial charge in [0.1, 0.15) is 5.75 Å². The molecule has 1 aromatic carbocycles. The molecule has 0 aromatic heterocycles. The van der Waals surface area contributed by atoms with Crippen molar-refractivity contribution in [2.75, 3.05) is 25.1 Å². The van der Waals surface area contributed by atoms with Gasteiger partial charge in [0.2, 0.25) is 0 Å². The number of methoxy groups -OCH3 is 1. The van der Waals surface area contributed by atoms with E-state index in [-0.39, 0.29) is 0 Å². The number of benzene rings is 1. The molecule has 0 aliphatic heterocycles. The van der Waals surface area contributed by atoms with Crippen LogP contribution in [0.3, 0.4) is 0 Å². The molecule has 1 aliphatic carbocycles. The van der Waals surface area contributed by atoms with Crippen LogP contribution in [0.15, 0.2) is 18.2 Å². The van der Waals surface area contributed by atoms with E-state index in [1.165, 1.54) is 12.8 Å². The molecule has 0 amide bonds. The van der Waals surface area contributed by atoms with Gasteiger partial charge in [-0.05, 0) is 44.2 Å². The average molecular weight is 263 g/mol. The number of aliphatic hydroxyl groups excluding tert-OH is 1. The molecule has 0 saturated heterocycles. The molecule has 0 radical (unpaired) electrons. The van der Waals surface area contributed by atoms with Crippen LogP contribution >= 0.6 is 0 Å². The zero-order valence-electron chi connectivity index (χ0n) is 12.2. The van der Waals surface area contributed by atoms with Crippen molar-refractivity contribution in [3.63, 3.8) is 0 Å². The molecule has 1 saturated carbocycles. The molecule has 1 aromatic rings. The van der Waals surface area contributed by atoms with Crippen LogP contribution in [0.25, 0.3) is 0 Å². The summed E-state index contributed by atoms with van der Waals surface area (Å²) in [5.74, 6) is 1.61. The van der Waals surface area contributed by atoms with Crippen LogP contribution in [0.5, 0.6) is 5.75 Å². The van der Waals surface area contributed by atoms with Gasteiger partial charge in [-0.25, -0.2) is 0 Å². The lowest BCUT2D eigenvalue weighted by atomic mass is 10.0. The van der Waals surface area contributed by atoms with Gasteiger partial charge >= 0.3 is 0 Å². The molecule has 106 valence electrons. The Balaban J connectivity index is 2.33. The summed E-state index contributed by atoms with van der Waals surface area (Å²) < 4.78 is 5.41. The first-order valence-corrected chi connectivity index (χ1v) is 7.27. The van der Waals surface area contributed by atoms with Crippen LogP contribution in [0.4, 0.5) is 5.69 Å². The summed E-state index contributed by atoms with van der Waals surface area (Å²) >= 11 is 0. The quantitative estimate of drug-likeness (QED) is 0.818. The highest BCUT2D eigenvalue weighted by Crippen LogP contribution is 2.37. The molecule has 19 heavy (non-hydrogen) atoms. The van der Waals surface area contributed by atoms with Crippen LogP contribution in [0.1, 0.15) is 44.8 Å². The molecular weight excluding hydrogens is 238 g/mol. The second-order valence-corrected chi connectivity index (χ2v) is 5.46. The van der Waals surface area contributed by atoms with Gasteiger partial charge in [0.05, 0.1) is 13.2 Å². The van der Waals surface area contributed by atoms with E-state index in [0.717, 1.165) is 42.4 Å². The van der Waals surface area contributed by atoms with Crippen LogP contribution in [0.2, 0.25) is 0 Å². The fourth-order valence-corrected chi connectivity index (χ4v) is 2.60. The average Bonchev–Trinajstić information content (AvgIpc) is 3.21. The van der Waals surface area contributed by atoms with E-state index >= 15 is 0 Å². The monoisotopic (exact) mass is 263 g/mol. The van der Waals surface area contributed by atoms with Crippen molar-refractivity contribution < 1.29 is 9.84 Å². The first-order valence-electron chi connectivity index (χ1n) is 7.27. The van der Waals surface area contributed by atoms with Crippen molar-refractivity contribution in [1.29, 1.82) is 0 Å². The molecule has 1 fully saturated rings. The molecular formula is C16H25NO2. The van der Waals surface area contributed by atoms with Crippen molar-refractivity contribution in [2.45, 2.75) is 39.2 Å². The third kappa shape index (κ3) is 3.41. The van der Waals surface area contributed by atoms with Crippen molar-refractivity contribution in [1.82, 2.24) is 0 Å². The lowest BCUT2D eigenvalue weighted by Gasteiger charge is -2.28. The van der Waals surface area contributed by atoms with Gasteiger partial charge in [-0.1, -0.05) is 13.0 Å². The van der Waals surface area contributed by atoms with Gasteiger partial charge in [0.25, 0.3) is 0 Å². The Morgan fingerprint density at radius 1 is 1.42 bits per heavy atom. The van der Waals surface area contributed by atoms with E-state index < -0.39 is 6.10 Å². The largest absolute Gasteiger partial charge is 0.496 e. The normalized spacial score (nSPS) is 16.2. The molecule has 1 N–H and O–H groups in total. The molecule has 0 unspecified atom stereocenters. The maximum absolute atomic E-state index is 10.1. The molecule has 0 spiro atoms. The third-order valence-electron chi connectivity index (χ3n) is 3.69. The first kappa shape index (κ1) is 14.2. The zero-order chi connectivity index (χ0) is 13.8. The van der Waals surface area contributed by atoms with Gasteiger partial charge in [-0.15, -0.1) is 0 Å². The minimum Gasteiger partial charge on any atom is -0.496 e. The standard InChI is InChI=1S/C16H25NO2/c1-4-10-17(11-13-8-9-13)14-6-5-7-15(19-3)16(14)12(2)18/h5-7,12-13,18H,4,8-11H2,1-3H3/t12-/m0/s1. The Kier molecular flexibility index (Phi) is 4.70. The molecule has 0 bridgehead atoms. The summed E-state index contributed by atoms with van der Waals surface area (Å²) in [6, 6.07) is 6.03. The van der Waals surface area contributed by atoms with Crippen LogP contribution < -0.4 is 9.64 Å². The summed E-state index contributed by atoms with van der Waals surface area (Å²) in [5, 5.41) is 10.1. The number of aliphatic hydroxyl groups is 1. The van der Waals surface area contributed by atoms with Gasteiger partial charge < -0.3 is 14.7 Å². The van der Waals surface area contributed by atoms with E-state index in [4.69, 9.17) is 4.74 Å². The van der Waals surface area contributed by atoms with Gasteiger partial charge in [0, 0.05) is 24.3 Å². The minimum atomic E-state index is -0.510. The number of anilines is 1. The van der Waals surface area contributed by atoms with Crippen molar-refractivity contribution >= 4 is 5.69 Å². The van der Waals surface area contributed by atoms with Crippen molar-refractivity contribution in [3.05, 3.63) is 23.8 Å². The highest BCUT2D eigenvalue weighted by molar-refractivity contribution is 5.60. The Morgan fingerprint density at radius 3 is 2.68 bits per heavy atom. The zero-order valence-corrected chi connectivity index (χ0v) is 12.2. The van der Waals surface area contributed by atoms with Crippen molar-refractivity contribution in [3.8, 4) is 5.75 Å². The fraction of sp³-hybridized carbons (Fsp3) is 0.625. The Morgan fingerprint density at radius 2 is 2.16 bits per heavy atom. The van der Waals surface area contributed by atoms with E-state index in [1.807, 2.05) is 19.1 Å². The maximum atomic E-state index is 10.1. The van der Waals surface area contributed by atoms with Gasteiger partial charge in [-0.3, -0.25) is 0 Å². The lowest BCUT2D eigenvalue weighted by molar-refractivity contribution is 0.194. The summed E-state index contributed by atoms with van der Waals surface area (Å²) in [6.07, 6.45) is 3.29. The molecule has 1 atom stereocenters. The van der Waals surface area contributed by atoms with E-state index in [0.29, 0.717) is 0 Å². The van der Waals surface area contributed by atoms with Gasteiger partial charge in [0.15, 0.2) is 0 Å². The lowest BCUT2D eigenvalue weighted by Crippen LogP contribution is -2.28. The van der Waals surface area contributed by atoms with E-state index in [9.17, 15) is 5.11 Å². The molecule has 0 heterocycles. The summed E-state index contributed by atoms with van der Waals surface area (Å²) in [7, 11) is 1.66. The Bertz CT molecular complexity index is 413. The topological polar surface area (TPSA) is 32.7 Å². The molecule has 1 aliphatic rings. The summed E-state index contributed by atoms with van der Waals surface area (Å²) in [6.45, 7) is 6.13. The van der Waals surface area contributed by atoms with Crippen LogP contribution in [0, 0.1) is 5.92 Å². The predicted octanol–water partition coefficient (Wildman–Crippen LogP) is 3.37.